The molecule has 0 aromatic carbocycles. The van der Waals surface area contributed by atoms with Gasteiger partial charge in [0.25, 0.3) is 0 Å². The van der Waals surface area contributed by atoms with Crippen molar-refractivity contribution in [1.82, 2.24) is 0 Å². The largest absolute Gasteiger partial charge is 0.0776 e. The van der Waals surface area contributed by atoms with Gasteiger partial charge in [0, 0.05) is 37.7 Å². The topological polar surface area (TPSA) is 0 Å². The van der Waals surface area contributed by atoms with Crippen molar-refractivity contribution in [2.45, 2.75) is 21.3 Å². The Labute approximate surface area is 58.6 Å². The third-order valence-corrected chi connectivity index (χ3v) is 0. The van der Waals surface area contributed by atoms with E-state index in [-0.39, 0.29) is 45.2 Å². The van der Waals surface area contributed by atoms with Crippen LogP contribution in [0.4, 0.5) is 0 Å². The van der Waals surface area contributed by atoms with Gasteiger partial charge in [0.1, 0.15) is 0 Å². The van der Waals surface area contributed by atoms with Gasteiger partial charge in [-0.25, -0.2) is 0 Å². The van der Waals surface area contributed by atoms with Crippen LogP contribution >= 0.6 is 0 Å². The second-order valence-electron chi connectivity index (χ2n) is 0. The minimum Gasteiger partial charge on any atom is -0.0776 e. The summed E-state index contributed by atoms with van der Waals surface area (Å²) in [7, 11) is 0. The maximum absolute atomic E-state index is 2.00. The fourth-order valence-electron chi connectivity index (χ4n) is 0. The Morgan fingerprint density at radius 3 is 1.00 bits per heavy atom. The average Bonchev–Trinajstić information content (AvgIpc) is 1.00. The molecule has 0 bridgehead atoms. The average molecular weight is 86.1 g/mol. The van der Waals surface area contributed by atoms with E-state index in [1.165, 1.54) is 0 Å². The van der Waals surface area contributed by atoms with Crippen molar-refractivity contribution in [3.05, 3.63) is 0 Å². The van der Waals surface area contributed by atoms with Gasteiger partial charge in [-0.05, 0) is 0 Å². The van der Waals surface area contributed by atoms with Crippen LogP contribution in [0, 0.1) is 37.7 Å². The van der Waals surface area contributed by atoms with Crippen LogP contribution in [0.3, 0.4) is 0 Å². The second kappa shape index (κ2) is 28.5. The van der Waals surface area contributed by atoms with Gasteiger partial charge in [-0.2, -0.15) is 0 Å². The van der Waals surface area contributed by atoms with E-state index >= 15 is 0 Å². The fraction of sp³-hybridized carbons (Fsp3) is 1.00. The molecule has 0 spiro atoms. The maximum atomic E-state index is 2.00. The van der Waals surface area contributed by atoms with Gasteiger partial charge in [-0.15, -0.1) is 0 Å². The van der Waals surface area contributed by atoms with Gasteiger partial charge in [0.15, 0.2) is 0 Å². The minimum atomic E-state index is 0. The quantitative estimate of drug-likeness (QED) is 0.420. The molecule has 0 fully saturated rings. The standard InChI is InChI=1S/C2H6.CH4.Ar/c1-2;;/h1-2H3;1H4;. The third-order valence-electron chi connectivity index (χ3n) is 0. The Kier molecular flexibility index (Phi) is 133. The van der Waals surface area contributed by atoms with Crippen molar-refractivity contribution < 1.29 is 37.7 Å². The molecule has 0 saturated carbocycles. The summed E-state index contributed by atoms with van der Waals surface area (Å²) in [5.74, 6) is 0. The Balaban J connectivity index is -0.00000000500. The summed E-state index contributed by atoms with van der Waals surface area (Å²) in [5.41, 5.74) is 0. The predicted molar refractivity (Wildman–Crippen MR) is 18.1 cm³/mol. The van der Waals surface area contributed by atoms with Crippen LogP contribution in [0.15, 0.2) is 0 Å². The maximum Gasteiger partial charge on any atom is 0 e. The van der Waals surface area contributed by atoms with Gasteiger partial charge in [0.05, 0.1) is 0 Å². The number of rotatable bonds is 0. The van der Waals surface area contributed by atoms with Crippen molar-refractivity contribution >= 4 is 0 Å². The summed E-state index contributed by atoms with van der Waals surface area (Å²) < 4.78 is 0. The van der Waals surface area contributed by atoms with Crippen LogP contribution in [0.5, 0.6) is 0 Å². The number of hydrogen-bond acceptors (Lipinski definition) is 0. The molecule has 1 heteroatoms. The first-order chi connectivity index (χ1) is 1.00. The second-order valence-corrected chi connectivity index (χ2v) is 0. The first kappa shape index (κ1) is 18.7. The summed E-state index contributed by atoms with van der Waals surface area (Å²) in [6, 6.07) is 0. The normalized spacial score (nSPS) is 1.50. The zero-order valence-electron chi connectivity index (χ0n) is 2.35. The molecule has 0 amide bonds. The molecular formula is C3H10Ar. The van der Waals surface area contributed by atoms with E-state index in [0.717, 1.165) is 0 Å². The van der Waals surface area contributed by atoms with E-state index in [4.69, 9.17) is 0 Å². The molecule has 4 heavy (non-hydrogen) atoms. The SMILES string of the molecule is C.CC.[Ar]. The van der Waals surface area contributed by atoms with Crippen molar-refractivity contribution in [3.8, 4) is 0 Å². The minimum absolute atomic E-state index is 0. The summed E-state index contributed by atoms with van der Waals surface area (Å²) in [6.45, 7) is 4.00. The van der Waals surface area contributed by atoms with Gasteiger partial charge < -0.3 is 0 Å². The fourth-order valence-corrected chi connectivity index (χ4v) is 0. The van der Waals surface area contributed by atoms with Crippen molar-refractivity contribution in [1.29, 1.82) is 0 Å². The van der Waals surface area contributed by atoms with Crippen LogP contribution in [0.25, 0.3) is 0 Å². The van der Waals surface area contributed by atoms with Crippen LogP contribution in [0.2, 0.25) is 0 Å². The predicted octanol–water partition coefficient (Wildman–Crippen LogP) is 1.66. The monoisotopic (exact) mass is 86.0 g/mol. The van der Waals surface area contributed by atoms with Gasteiger partial charge in [0.2, 0.25) is 0 Å². The van der Waals surface area contributed by atoms with E-state index in [2.05, 4.69) is 0 Å². The summed E-state index contributed by atoms with van der Waals surface area (Å²) in [4.78, 5) is 0. The molecule has 0 rings (SSSR count). The molecule has 0 saturated heterocycles. The van der Waals surface area contributed by atoms with Crippen LogP contribution in [-0.4, -0.2) is 0 Å². The van der Waals surface area contributed by atoms with E-state index < -0.39 is 0 Å². The molecule has 30 valence electrons. The van der Waals surface area contributed by atoms with Crippen molar-refractivity contribution in [3.63, 3.8) is 0 Å². The molecular weight excluding hydrogens is 76.0 g/mol. The van der Waals surface area contributed by atoms with Gasteiger partial charge in [-0.3, -0.25) is 0 Å². The molecule has 0 unspecified atom stereocenters. The summed E-state index contributed by atoms with van der Waals surface area (Å²) in [5, 5.41) is 0. The molecule has 0 nitrogen and oxygen atoms in total. The molecule has 0 radical (unpaired) electrons. The molecule has 0 aromatic rings. The van der Waals surface area contributed by atoms with E-state index in [1.54, 1.807) is 0 Å². The van der Waals surface area contributed by atoms with E-state index in [0.29, 0.717) is 0 Å². The smallest absolute Gasteiger partial charge is 0 e. The Hall–Kier alpha value is 1.26. The van der Waals surface area contributed by atoms with Crippen molar-refractivity contribution in [2.24, 2.45) is 0 Å². The van der Waals surface area contributed by atoms with Gasteiger partial charge >= 0.3 is 0 Å². The first-order valence-corrected chi connectivity index (χ1v) is 1.00. The Morgan fingerprint density at radius 1 is 1.00 bits per heavy atom. The Morgan fingerprint density at radius 2 is 1.00 bits per heavy atom. The molecule has 0 aliphatic rings. The van der Waals surface area contributed by atoms with Crippen LogP contribution in [-0.2, 0) is 0 Å². The zero-order valence-corrected chi connectivity index (χ0v) is 3.06. The molecule has 0 N–H and O–H groups in total. The molecule has 0 aliphatic carbocycles. The van der Waals surface area contributed by atoms with E-state index in [1.807, 2.05) is 13.8 Å². The molecule has 0 aromatic heterocycles. The first-order valence-electron chi connectivity index (χ1n) is 1.00. The molecule has 0 heterocycles. The van der Waals surface area contributed by atoms with Gasteiger partial charge in [-0.1, -0.05) is 21.3 Å². The van der Waals surface area contributed by atoms with Crippen LogP contribution < -0.4 is 0 Å². The molecule has 0 aliphatic heterocycles. The number of hydrogen-bond donors (Lipinski definition) is 0. The van der Waals surface area contributed by atoms with Crippen LogP contribution in [0.1, 0.15) is 21.3 Å². The summed E-state index contributed by atoms with van der Waals surface area (Å²) >= 11 is 0. The zero-order chi connectivity index (χ0) is 2.00. The van der Waals surface area contributed by atoms with Crippen molar-refractivity contribution in [2.75, 3.05) is 0 Å². The Bertz CT molecular complexity index is 3.25. The molecule has 0 atom stereocenters. The third kappa shape index (κ3) is 10.5. The van der Waals surface area contributed by atoms with E-state index in [9.17, 15) is 0 Å². The summed E-state index contributed by atoms with van der Waals surface area (Å²) in [6.07, 6.45) is 0.